The van der Waals surface area contributed by atoms with Crippen molar-refractivity contribution in [1.82, 2.24) is 0 Å². The van der Waals surface area contributed by atoms with Crippen LogP contribution in [0.3, 0.4) is 0 Å². The second-order valence-electron chi connectivity index (χ2n) is 4.62. The number of nitrogen functional groups attached to an aromatic ring is 1. The van der Waals surface area contributed by atoms with E-state index in [1.165, 1.54) is 0 Å². The van der Waals surface area contributed by atoms with Crippen molar-refractivity contribution in [2.45, 2.75) is 6.92 Å². The maximum atomic E-state index is 5.98. The fourth-order valence-electron chi connectivity index (χ4n) is 2.13. The van der Waals surface area contributed by atoms with E-state index in [9.17, 15) is 0 Å². The van der Waals surface area contributed by atoms with E-state index in [0.717, 1.165) is 22.1 Å². The van der Waals surface area contributed by atoms with Gasteiger partial charge >= 0.3 is 0 Å². The van der Waals surface area contributed by atoms with Gasteiger partial charge in [0.1, 0.15) is 5.75 Å². The van der Waals surface area contributed by atoms with E-state index < -0.39 is 0 Å². The standard InChI is InChI=1S/C17H15NO/c1-12-9-10-15(18)17(11-12)19-16-8-4-6-13-5-2-3-7-14(13)16/h2-11H,18H2,1H3. The number of nitrogens with two attached hydrogens (primary N) is 1. The van der Waals surface area contributed by atoms with Crippen molar-refractivity contribution in [3.8, 4) is 11.5 Å². The highest BCUT2D eigenvalue weighted by Gasteiger charge is 2.05. The van der Waals surface area contributed by atoms with Gasteiger partial charge < -0.3 is 10.5 Å². The molecule has 0 spiro atoms. The summed E-state index contributed by atoms with van der Waals surface area (Å²) in [6, 6.07) is 20.0. The predicted octanol–water partition coefficient (Wildman–Crippen LogP) is 4.52. The van der Waals surface area contributed by atoms with E-state index in [1.807, 2.05) is 49.4 Å². The summed E-state index contributed by atoms with van der Waals surface area (Å²) in [5.74, 6) is 1.53. The van der Waals surface area contributed by atoms with Gasteiger partial charge in [0.15, 0.2) is 5.75 Å². The molecule has 2 heteroatoms. The molecule has 0 heterocycles. The first-order valence-corrected chi connectivity index (χ1v) is 6.26. The molecule has 0 saturated carbocycles. The third-order valence-corrected chi connectivity index (χ3v) is 3.14. The van der Waals surface area contributed by atoms with Crippen LogP contribution in [-0.4, -0.2) is 0 Å². The van der Waals surface area contributed by atoms with Gasteiger partial charge in [-0.15, -0.1) is 0 Å². The third-order valence-electron chi connectivity index (χ3n) is 3.14. The lowest BCUT2D eigenvalue weighted by molar-refractivity contribution is 0.490. The van der Waals surface area contributed by atoms with E-state index in [2.05, 4.69) is 18.2 Å². The number of hydrogen-bond donors (Lipinski definition) is 1. The monoisotopic (exact) mass is 249 g/mol. The van der Waals surface area contributed by atoms with Gasteiger partial charge in [0.05, 0.1) is 5.69 Å². The Morgan fingerprint density at radius 2 is 1.63 bits per heavy atom. The zero-order chi connectivity index (χ0) is 13.2. The fourth-order valence-corrected chi connectivity index (χ4v) is 2.13. The lowest BCUT2D eigenvalue weighted by Gasteiger charge is -2.11. The van der Waals surface area contributed by atoms with Crippen LogP contribution in [0.1, 0.15) is 5.56 Å². The summed E-state index contributed by atoms with van der Waals surface area (Å²) in [5.41, 5.74) is 7.74. The van der Waals surface area contributed by atoms with Gasteiger partial charge in [0.2, 0.25) is 0 Å². The first kappa shape index (κ1) is 11.6. The molecule has 0 atom stereocenters. The van der Waals surface area contributed by atoms with Gasteiger partial charge in [-0.1, -0.05) is 42.5 Å². The summed E-state index contributed by atoms with van der Waals surface area (Å²) in [7, 11) is 0. The summed E-state index contributed by atoms with van der Waals surface area (Å²) in [5, 5.41) is 2.25. The molecule has 2 N–H and O–H groups in total. The van der Waals surface area contributed by atoms with Crippen LogP contribution in [0.15, 0.2) is 60.7 Å². The molecular formula is C17H15NO. The van der Waals surface area contributed by atoms with Gasteiger partial charge in [-0.2, -0.15) is 0 Å². The average molecular weight is 249 g/mol. The Balaban J connectivity index is 2.08. The van der Waals surface area contributed by atoms with Crippen LogP contribution in [0, 0.1) is 6.92 Å². The van der Waals surface area contributed by atoms with Crippen molar-refractivity contribution < 1.29 is 4.74 Å². The minimum Gasteiger partial charge on any atom is -0.455 e. The summed E-state index contributed by atoms with van der Waals surface area (Å²) < 4.78 is 5.98. The molecule has 0 unspecified atom stereocenters. The molecule has 0 saturated heterocycles. The lowest BCUT2D eigenvalue weighted by atomic mass is 10.1. The van der Waals surface area contributed by atoms with Crippen LogP contribution in [-0.2, 0) is 0 Å². The molecule has 0 fully saturated rings. The second kappa shape index (κ2) is 4.65. The number of ether oxygens (including phenoxy) is 1. The zero-order valence-electron chi connectivity index (χ0n) is 10.8. The summed E-state index contributed by atoms with van der Waals surface area (Å²) in [6.45, 7) is 2.02. The van der Waals surface area contributed by atoms with Gasteiger partial charge in [-0.05, 0) is 36.1 Å². The Hall–Kier alpha value is -2.48. The first-order valence-electron chi connectivity index (χ1n) is 6.26. The van der Waals surface area contributed by atoms with Crippen molar-refractivity contribution in [2.24, 2.45) is 0 Å². The molecule has 0 amide bonds. The van der Waals surface area contributed by atoms with Crippen LogP contribution in [0.4, 0.5) is 5.69 Å². The van der Waals surface area contributed by atoms with E-state index in [-0.39, 0.29) is 0 Å². The molecule has 2 nitrogen and oxygen atoms in total. The number of benzene rings is 3. The highest BCUT2D eigenvalue weighted by atomic mass is 16.5. The van der Waals surface area contributed by atoms with Crippen LogP contribution in [0.2, 0.25) is 0 Å². The number of fused-ring (bicyclic) bond motifs is 1. The normalized spacial score (nSPS) is 10.6. The lowest BCUT2D eigenvalue weighted by Crippen LogP contribution is -1.93. The third kappa shape index (κ3) is 2.25. The Morgan fingerprint density at radius 3 is 2.53 bits per heavy atom. The van der Waals surface area contributed by atoms with Crippen LogP contribution >= 0.6 is 0 Å². The quantitative estimate of drug-likeness (QED) is 0.677. The van der Waals surface area contributed by atoms with Crippen LogP contribution < -0.4 is 10.5 Å². The molecule has 3 aromatic carbocycles. The number of anilines is 1. The van der Waals surface area contributed by atoms with E-state index in [4.69, 9.17) is 10.5 Å². The number of hydrogen-bond acceptors (Lipinski definition) is 2. The molecule has 3 rings (SSSR count). The first-order chi connectivity index (χ1) is 9.24. The number of rotatable bonds is 2. The Bertz CT molecular complexity index is 729. The highest BCUT2D eigenvalue weighted by molar-refractivity contribution is 5.88. The van der Waals surface area contributed by atoms with Crippen LogP contribution in [0.5, 0.6) is 11.5 Å². The van der Waals surface area contributed by atoms with Crippen molar-refractivity contribution in [2.75, 3.05) is 5.73 Å². The minimum absolute atomic E-state index is 0.651. The maximum absolute atomic E-state index is 5.98. The molecule has 0 aliphatic carbocycles. The Kier molecular flexibility index (Phi) is 2.84. The van der Waals surface area contributed by atoms with Crippen molar-refractivity contribution >= 4 is 16.5 Å². The molecule has 0 aromatic heterocycles. The molecular weight excluding hydrogens is 234 g/mol. The molecule has 0 radical (unpaired) electrons. The summed E-state index contributed by atoms with van der Waals surface area (Å²) in [6.07, 6.45) is 0. The van der Waals surface area contributed by atoms with E-state index in [0.29, 0.717) is 11.4 Å². The van der Waals surface area contributed by atoms with E-state index >= 15 is 0 Å². The summed E-state index contributed by atoms with van der Waals surface area (Å²) in [4.78, 5) is 0. The topological polar surface area (TPSA) is 35.2 Å². The van der Waals surface area contributed by atoms with Gasteiger partial charge in [0.25, 0.3) is 0 Å². The van der Waals surface area contributed by atoms with Crippen molar-refractivity contribution in [3.63, 3.8) is 0 Å². The maximum Gasteiger partial charge on any atom is 0.150 e. The predicted molar refractivity (Wildman–Crippen MR) is 79.6 cm³/mol. The molecule has 94 valence electrons. The number of aryl methyl sites for hydroxylation is 1. The molecule has 0 aliphatic rings. The average Bonchev–Trinajstić information content (AvgIpc) is 2.43. The smallest absolute Gasteiger partial charge is 0.150 e. The second-order valence-corrected chi connectivity index (χ2v) is 4.62. The zero-order valence-corrected chi connectivity index (χ0v) is 10.8. The van der Waals surface area contributed by atoms with Gasteiger partial charge in [0, 0.05) is 5.39 Å². The highest BCUT2D eigenvalue weighted by Crippen LogP contribution is 2.33. The fraction of sp³-hybridized carbons (Fsp3) is 0.0588. The van der Waals surface area contributed by atoms with E-state index in [1.54, 1.807) is 0 Å². The van der Waals surface area contributed by atoms with Crippen molar-refractivity contribution in [1.29, 1.82) is 0 Å². The molecule has 0 bridgehead atoms. The Labute approximate surface area is 112 Å². The van der Waals surface area contributed by atoms with Crippen LogP contribution in [0.25, 0.3) is 10.8 Å². The SMILES string of the molecule is Cc1ccc(N)c(Oc2cccc3ccccc23)c1. The minimum atomic E-state index is 0.651. The largest absolute Gasteiger partial charge is 0.455 e. The van der Waals surface area contributed by atoms with Crippen molar-refractivity contribution in [3.05, 3.63) is 66.2 Å². The molecule has 19 heavy (non-hydrogen) atoms. The Morgan fingerprint density at radius 1 is 0.842 bits per heavy atom. The van der Waals surface area contributed by atoms with Gasteiger partial charge in [-0.3, -0.25) is 0 Å². The summed E-state index contributed by atoms with van der Waals surface area (Å²) >= 11 is 0. The van der Waals surface area contributed by atoms with Gasteiger partial charge in [-0.25, -0.2) is 0 Å². The molecule has 0 aliphatic heterocycles. The molecule has 3 aromatic rings.